The van der Waals surface area contributed by atoms with Gasteiger partial charge in [0.2, 0.25) is 0 Å². The van der Waals surface area contributed by atoms with Gasteiger partial charge in [0.05, 0.1) is 17.7 Å². The Hall–Kier alpha value is -2.27. The molecule has 0 spiro atoms. The number of hydrogen-bond acceptors (Lipinski definition) is 2. The third-order valence-electron chi connectivity index (χ3n) is 2.92. The molecule has 0 heterocycles. The molecule has 0 bridgehead atoms. The highest BCUT2D eigenvalue weighted by Gasteiger charge is 2.32. The van der Waals surface area contributed by atoms with Gasteiger partial charge >= 0.3 is 6.18 Å². The van der Waals surface area contributed by atoms with E-state index in [1.165, 1.54) is 12.1 Å². The highest BCUT2D eigenvalue weighted by atomic mass is 19.4. The van der Waals surface area contributed by atoms with Gasteiger partial charge in [0.25, 0.3) is 0 Å². The largest absolute Gasteiger partial charge is 0.416 e. The van der Waals surface area contributed by atoms with Gasteiger partial charge in [-0.15, -0.1) is 0 Å². The van der Waals surface area contributed by atoms with Gasteiger partial charge in [-0.25, -0.2) is 0 Å². The summed E-state index contributed by atoms with van der Waals surface area (Å²) >= 11 is 0. The van der Waals surface area contributed by atoms with Crippen LogP contribution in [0.5, 0.6) is 0 Å². The van der Waals surface area contributed by atoms with E-state index in [9.17, 15) is 13.2 Å². The fraction of sp³-hybridized carbons (Fsp3) is 0.333. The number of alkyl halides is 3. The fourth-order valence-corrected chi connectivity index (χ4v) is 1.75. The zero-order valence-corrected chi connectivity index (χ0v) is 10.9. The molecule has 0 amide bonds. The average Bonchev–Trinajstić information content (AvgIpc) is 2.43. The van der Waals surface area contributed by atoms with Crippen molar-refractivity contribution in [3.8, 4) is 12.1 Å². The number of allylic oxidation sites excluding steroid dienone is 2. The molecule has 0 aliphatic heterocycles. The van der Waals surface area contributed by atoms with Crippen LogP contribution in [0.1, 0.15) is 24.5 Å². The van der Waals surface area contributed by atoms with Crippen LogP contribution in [0.2, 0.25) is 0 Å². The van der Waals surface area contributed by atoms with Gasteiger partial charge in [-0.3, -0.25) is 0 Å². The predicted octanol–water partition coefficient (Wildman–Crippen LogP) is 4.25. The number of nitrogens with zero attached hydrogens (tertiary/aromatic N) is 2. The second-order valence-corrected chi connectivity index (χ2v) is 4.45. The van der Waals surface area contributed by atoms with E-state index in [1.807, 2.05) is 12.1 Å². The molecule has 0 fully saturated rings. The summed E-state index contributed by atoms with van der Waals surface area (Å²) in [6, 6.07) is 8.46. The SMILES string of the molecule is CC=CCC(C#N)(C#N)Cc1ccc(C(F)(F)F)cc1. The lowest BCUT2D eigenvalue weighted by atomic mass is 9.81. The van der Waals surface area contributed by atoms with Crippen molar-refractivity contribution in [2.75, 3.05) is 0 Å². The van der Waals surface area contributed by atoms with Crippen molar-refractivity contribution in [1.29, 1.82) is 10.5 Å². The summed E-state index contributed by atoms with van der Waals surface area (Å²) in [6.07, 6.45) is -0.599. The molecule has 0 unspecified atom stereocenters. The van der Waals surface area contributed by atoms with Crippen LogP contribution in [-0.2, 0) is 12.6 Å². The van der Waals surface area contributed by atoms with Crippen LogP contribution in [0.25, 0.3) is 0 Å². The summed E-state index contributed by atoms with van der Waals surface area (Å²) < 4.78 is 37.3. The summed E-state index contributed by atoms with van der Waals surface area (Å²) in [7, 11) is 0. The molecule has 5 heteroatoms. The van der Waals surface area contributed by atoms with Gasteiger partial charge < -0.3 is 0 Å². The molecule has 0 saturated heterocycles. The van der Waals surface area contributed by atoms with Gasteiger partial charge in [0.15, 0.2) is 5.41 Å². The minimum Gasteiger partial charge on any atom is -0.197 e. The Kier molecular flexibility index (Phi) is 4.94. The lowest BCUT2D eigenvalue weighted by Gasteiger charge is -2.17. The number of nitriles is 2. The molecule has 0 N–H and O–H groups in total. The first-order chi connectivity index (χ1) is 9.37. The maximum atomic E-state index is 12.4. The molecule has 0 saturated carbocycles. The van der Waals surface area contributed by atoms with Gasteiger partial charge in [-0.1, -0.05) is 24.3 Å². The number of benzene rings is 1. The second kappa shape index (κ2) is 6.25. The van der Waals surface area contributed by atoms with E-state index in [-0.39, 0.29) is 12.8 Å². The van der Waals surface area contributed by atoms with Crippen LogP contribution < -0.4 is 0 Å². The molecule has 1 aromatic rings. The van der Waals surface area contributed by atoms with Gasteiger partial charge in [-0.2, -0.15) is 23.7 Å². The standard InChI is InChI=1S/C15H13F3N2/c1-2-3-8-14(10-19,11-20)9-12-4-6-13(7-5-12)15(16,17)18/h2-7H,8-9H2,1H3. The van der Waals surface area contributed by atoms with Crippen molar-refractivity contribution in [2.24, 2.45) is 5.41 Å². The van der Waals surface area contributed by atoms with E-state index >= 15 is 0 Å². The number of hydrogen-bond donors (Lipinski definition) is 0. The van der Waals surface area contributed by atoms with E-state index < -0.39 is 17.2 Å². The Morgan fingerprint density at radius 2 is 1.65 bits per heavy atom. The average molecular weight is 278 g/mol. The predicted molar refractivity (Wildman–Crippen MR) is 68.2 cm³/mol. The molecule has 104 valence electrons. The molecule has 0 aromatic heterocycles. The number of halogens is 3. The monoisotopic (exact) mass is 278 g/mol. The third-order valence-corrected chi connectivity index (χ3v) is 2.92. The van der Waals surface area contributed by atoms with Gasteiger partial charge in [0, 0.05) is 6.42 Å². The van der Waals surface area contributed by atoms with Crippen molar-refractivity contribution in [2.45, 2.75) is 25.9 Å². The van der Waals surface area contributed by atoms with Crippen LogP contribution in [-0.4, -0.2) is 0 Å². The lowest BCUT2D eigenvalue weighted by Crippen LogP contribution is -2.18. The minimum atomic E-state index is -4.38. The van der Waals surface area contributed by atoms with Crippen LogP contribution in [0, 0.1) is 28.1 Å². The highest BCUT2D eigenvalue weighted by molar-refractivity contribution is 5.29. The van der Waals surface area contributed by atoms with Crippen LogP contribution >= 0.6 is 0 Å². The molecule has 2 nitrogen and oxygen atoms in total. The van der Waals surface area contributed by atoms with E-state index in [4.69, 9.17) is 10.5 Å². The molecule has 0 radical (unpaired) electrons. The number of rotatable bonds is 4. The third kappa shape index (κ3) is 3.86. The van der Waals surface area contributed by atoms with Crippen LogP contribution in [0.15, 0.2) is 36.4 Å². The molecule has 0 aliphatic rings. The molecule has 20 heavy (non-hydrogen) atoms. The summed E-state index contributed by atoms with van der Waals surface area (Å²) in [4.78, 5) is 0. The molecular weight excluding hydrogens is 265 g/mol. The lowest BCUT2D eigenvalue weighted by molar-refractivity contribution is -0.137. The summed E-state index contributed by atoms with van der Waals surface area (Å²) in [5.74, 6) is 0. The van der Waals surface area contributed by atoms with E-state index in [0.717, 1.165) is 12.1 Å². The zero-order chi connectivity index (χ0) is 15.2. The summed E-state index contributed by atoms with van der Waals surface area (Å²) in [6.45, 7) is 1.78. The maximum Gasteiger partial charge on any atom is 0.416 e. The smallest absolute Gasteiger partial charge is 0.197 e. The maximum absolute atomic E-state index is 12.4. The normalized spacial score (nSPS) is 12.1. The molecule has 1 aromatic carbocycles. The molecule has 0 aliphatic carbocycles. The molecule has 1 rings (SSSR count). The Morgan fingerprint density at radius 3 is 2.05 bits per heavy atom. The van der Waals surface area contributed by atoms with E-state index in [2.05, 4.69) is 0 Å². The Labute approximate surface area is 115 Å². The summed E-state index contributed by atoms with van der Waals surface area (Å²) in [5.41, 5.74) is -1.45. The van der Waals surface area contributed by atoms with Crippen LogP contribution in [0.3, 0.4) is 0 Å². The van der Waals surface area contributed by atoms with E-state index in [0.29, 0.717) is 5.56 Å². The van der Waals surface area contributed by atoms with E-state index in [1.54, 1.807) is 19.1 Å². The summed E-state index contributed by atoms with van der Waals surface area (Å²) in [5, 5.41) is 18.3. The van der Waals surface area contributed by atoms with Gasteiger partial charge in [0.1, 0.15) is 0 Å². The Balaban J connectivity index is 2.97. The van der Waals surface area contributed by atoms with Crippen LogP contribution in [0.4, 0.5) is 13.2 Å². The second-order valence-electron chi connectivity index (χ2n) is 4.45. The van der Waals surface area contributed by atoms with Crippen molar-refractivity contribution in [1.82, 2.24) is 0 Å². The Bertz CT molecular complexity index is 543. The zero-order valence-electron chi connectivity index (χ0n) is 10.9. The van der Waals surface area contributed by atoms with Crippen molar-refractivity contribution in [3.05, 3.63) is 47.5 Å². The fourth-order valence-electron chi connectivity index (χ4n) is 1.75. The van der Waals surface area contributed by atoms with Gasteiger partial charge in [-0.05, 0) is 31.0 Å². The minimum absolute atomic E-state index is 0.0997. The first-order valence-electron chi connectivity index (χ1n) is 5.97. The van der Waals surface area contributed by atoms with Crippen molar-refractivity contribution >= 4 is 0 Å². The van der Waals surface area contributed by atoms with Crippen molar-refractivity contribution in [3.63, 3.8) is 0 Å². The quantitative estimate of drug-likeness (QED) is 0.773. The molecular formula is C15H13F3N2. The topological polar surface area (TPSA) is 47.6 Å². The van der Waals surface area contributed by atoms with Crippen molar-refractivity contribution < 1.29 is 13.2 Å². The first kappa shape index (κ1) is 15.8. The highest BCUT2D eigenvalue weighted by Crippen LogP contribution is 2.31. The first-order valence-corrected chi connectivity index (χ1v) is 5.97. The Morgan fingerprint density at radius 1 is 1.10 bits per heavy atom. The molecule has 0 atom stereocenters.